The van der Waals surface area contributed by atoms with Crippen molar-refractivity contribution in [2.24, 2.45) is 0 Å². The lowest BCUT2D eigenvalue weighted by Crippen LogP contribution is -2.18. The van der Waals surface area contributed by atoms with Gasteiger partial charge in [0.2, 0.25) is 0 Å². The summed E-state index contributed by atoms with van der Waals surface area (Å²) in [5.74, 6) is -0.308. The fourth-order valence-electron chi connectivity index (χ4n) is 1.16. The third-order valence-corrected chi connectivity index (χ3v) is 1.77. The predicted octanol–water partition coefficient (Wildman–Crippen LogP) is 0.709. The standard InChI is InChI=1S/C9H8O3/c10-7-5-6-3-1-2-4-8(6)12-9(7)11/h1-4,10-11H,5H2/p-1. The predicted molar refractivity (Wildman–Crippen MR) is 40.4 cm³/mol. The quantitative estimate of drug-likeness (QED) is 0.612. The molecule has 0 fully saturated rings. The van der Waals surface area contributed by atoms with E-state index in [0.717, 1.165) is 5.56 Å². The second-order valence-corrected chi connectivity index (χ2v) is 2.61. The Labute approximate surface area is 69.5 Å². The zero-order valence-electron chi connectivity index (χ0n) is 6.28. The molecule has 1 aliphatic heterocycles. The van der Waals surface area contributed by atoms with Crippen molar-refractivity contribution in [1.29, 1.82) is 0 Å². The maximum absolute atomic E-state index is 10.9. The van der Waals surface area contributed by atoms with Gasteiger partial charge in [-0.2, -0.15) is 0 Å². The molecule has 3 heteroatoms. The highest BCUT2D eigenvalue weighted by Crippen LogP contribution is 2.26. The van der Waals surface area contributed by atoms with Crippen LogP contribution in [-0.4, -0.2) is 5.11 Å². The van der Waals surface area contributed by atoms with Gasteiger partial charge in [-0.05, 0) is 23.8 Å². The Morgan fingerprint density at radius 2 is 2.08 bits per heavy atom. The summed E-state index contributed by atoms with van der Waals surface area (Å²) in [5.41, 5.74) is 0.820. The van der Waals surface area contributed by atoms with Crippen LogP contribution in [0.4, 0.5) is 0 Å². The zero-order chi connectivity index (χ0) is 8.55. The van der Waals surface area contributed by atoms with E-state index in [0.29, 0.717) is 5.75 Å². The van der Waals surface area contributed by atoms with Gasteiger partial charge < -0.3 is 14.9 Å². The molecule has 1 heterocycles. The average molecular weight is 163 g/mol. The van der Waals surface area contributed by atoms with Crippen LogP contribution in [0.25, 0.3) is 0 Å². The number of hydrogen-bond acceptors (Lipinski definition) is 3. The van der Waals surface area contributed by atoms with E-state index in [1.54, 1.807) is 18.2 Å². The topological polar surface area (TPSA) is 52.5 Å². The molecule has 0 unspecified atom stereocenters. The summed E-state index contributed by atoms with van der Waals surface area (Å²) in [6.07, 6.45) is 0.224. The highest BCUT2D eigenvalue weighted by Gasteiger charge is 2.11. The third-order valence-electron chi connectivity index (χ3n) is 1.77. The number of aliphatic hydroxyl groups is 1. The molecule has 0 radical (unpaired) electrons. The van der Waals surface area contributed by atoms with E-state index >= 15 is 0 Å². The van der Waals surface area contributed by atoms with Gasteiger partial charge >= 0.3 is 0 Å². The normalized spacial score (nSPS) is 15.3. The van der Waals surface area contributed by atoms with Gasteiger partial charge in [-0.25, -0.2) is 0 Å². The summed E-state index contributed by atoms with van der Waals surface area (Å²) in [6, 6.07) is 7.15. The van der Waals surface area contributed by atoms with E-state index in [2.05, 4.69) is 0 Å². The molecule has 12 heavy (non-hydrogen) atoms. The summed E-state index contributed by atoms with van der Waals surface area (Å²) in [7, 11) is 0. The number of rotatable bonds is 0. The number of ether oxygens (including phenoxy) is 1. The summed E-state index contributed by atoms with van der Waals surface area (Å²) in [4.78, 5) is 0. The van der Waals surface area contributed by atoms with Crippen LogP contribution < -0.4 is 9.84 Å². The molecule has 0 atom stereocenters. The summed E-state index contributed by atoms with van der Waals surface area (Å²) < 4.78 is 4.87. The van der Waals surface area contributed by atoms with E-state index in [1.165, 1.54) is 0 Å². The highest BCUT2D eigenvalue weighted by molar-refractivity contribution is 5.38. The van der Waals surface area contributed by atoms with Crippen molar-refractivity contribution >= 4 is 0 Å². The lowest BCUT2D eigenvalue weighted by Gasteiger charge is -2.22. The van der Waals surface area contributed by atoms with E-state index < -0.39 is 5.95 Å². The fourth-order valence-corrected chi connectivity index (χ4v) is 1.16. The number of fused-ring (bicyclic) bond motifs is 1. The van der Waals surface area contributed by atoms with Crippen LogP contribution in [0.15, 0.2) is 36.0 Å². The Kier molecular flexibility index (Phi) is 1.43. The minimum Gasteiger partial charge on any atom is -0.870 e. The van der Waals surface area contributed by atoms with Crippen LogP contribution >= 0.6 is 0 Å². The SMILES string of the molecule is [O-]C1=C(O)Oc2ccccc2C1. The largest absolute Gasteiger partial charge is 0.870 e. The minimum atomic E-state index is -0.506. The molecule has 0 spiro atoms. The number of allylic oxidation sites excluding steroid dienone is 1. The molecule has 0 aromatic heterocycles. The first kappa shape index (κ1) is 7.03. The molecule has 0 saturated heterocycles. The van der Waals surface area contributed by atoms with E-state index in [4.69, 9.17) is 9.84 Å². The molecular weight excluding hydrogens is 156 g/mol. The maximum atomic E-state index is 10.9. The summed E-state index contributed by atoms with van der Waals surface area (Å²) in [5, 5.41) is 19.9. The first-order chi connectivity index (χ1) is 5.77. The van der Waals surface area contributed by atoms with Gasteiger partial charge in [-0.1, -0.05) is 18.2 Å². The Bertz CT molecular complexity index is 308. The van der Waals surface area contributed by atoms with Gasteiger partial charge in [-0.15, -0.1) is 0 Å². The molecule has 1 aliphatic rings. The molecular formula is C9H7O3-. The molecule has 1 aromatic rings. The zero-order valence-corrected chi connectivity index (χ0v) is 6.28. The van der Waals surface area contributed by atoms with Crippen molar-refractivity contribution in [3.8, 4) is 5.75 Å². The van der Waals surface area contributed by atoms with E-state index in [9.17, 15) is 5.11 Å². The van der Waals surface area contributed by atoms with Crippen molar-refractivity contribution < 1.29 is 14.9 Å². The monoisotopic (exact) mass is 163 g/mol. The van der Waals surface area contributed by atoms with Crippen LogP contribution in [0.5, 0.6) is 5.75 Å². The van der Waals surface area contributed by atoms with Gasteiger partial charge in [0, 0.05) is 0 Å². The Balaban J connectivity index is 2.43. The number of benzene rings is 1. The van der Waals surface area contributed by atoms with Gasteiger partial charge in [0.15, 0.2) is 0 Å². The Hall–Kier alpha value is -1.64. The molecule has 0 saturated carbocycles. The van der Waals surface area contributed by atoms with Crippen molar-refractivity contribution in [2.75, 3.05) is 0 Å². The second kappa shape index (κ2) is 2.44. The molecule has 62 valence electrons. The van der Waals surface area contributed by atoms with Gasteiger partial charge in [0.05, 0.1) is 0 Å². The highest BCUT2D eigenvalue weighted by atomic mass is 16.6. The maximum Gasteiger partial charge on any atom is 0.270 e. The third kappa shape index (κ3) is 0.993. The van der Waals surface area contributed by atoms with Crippen molar-refractivity contribution in [1.82, 2.24) is 0 Å². The number of hydrogen-bond donors (Lipinski definition) is 1. The van der Waals surface area contributed by atoms with Crippen molar-refractivity contribution in [3.05, 3.63) is 41.5 Å². The van der Waals surface area contributed by atoms with Crippen LogP contribution in [0.3, 0.4) is 0 Å². The fraction of sp³-hybridized carbons (Fsp3) is 0.111. The smallest absolute Gasteiger partial charge is 0.270 e. The van der Waals surface area contributed by atoms with Crippen molar-refractivity contribution in [2.45, 2.75) is 6.42 Å². The minimum absolute atomic E-state index is 0.224. The van der Waals surface area contributed by atoms with Crippen LogP contribution in [0, 0.1) is 0 Å². The Morgan fingerprint density at radius 3 is 2.92 bits per heavy atom. The summed E-state index contributed by atoms with van der Waals surface area (Å²) >= 11 is 0. The van der Waals surface area contributed by atoms with E-state index in [1.807, 2.05) is 6.07 Å². The van der Waals surface area contributed by atoms with Gasteiger partial charge in [-0.3, -0.25) is 0 Å². The van der Waals surface area contributed by atoms with Crippen LogP contribution in [-0.2, 0) is 6.42 Å². The molecule has 1 aromatic carbocycles. The number of para-hydroxylation sites is 1. The van der Waals surface area contributed by atoms with E-state index in [-0.39, 0.29) is 12.2 Å². The van der Waals surface area contributed by atoms with Gasteiger partial charge in [0.1, 0.15) is 5.75 Å². The molecule has 3 nitrogen and oxygen atoms in total. The van der Waals surface area contributed by atoms with Gasteiger partial charge in [0.25, 0.3) is 5.95 Å². The first-order valence-corrected chi connectivity index (χ1v) is 3.62. The molecule has 1 N–H and O–H groups in total. The number of aliphatic hydroxyl groups excluding tert-OH is 1. The molecule has 0 bridgehead atoms. The second-order valence-electron chi connectivity index (χ2n) is 2.61. The molecule has 0 aliphatic carbocycles. The lowest BCUT2D eigenvalue weighted by molar-refractivity contribution is -0.314. The molecule has 0 amide bonds. The average Bonchev–Trinajstić information content (AvgIpc) is 2.07. The van der Waals surface area contributed by atoms with Crippen LogP contribution in [0.1, 0.15) is 5.56 Å². The van der Waals surface area contributed by atoms with Crippen LogP contribution in [0.2, 0.25) is 0 Å². The summed E-state index contributed by atoms with van der Waals surface area (Å²) in [6.45, 7) is 0. The Morgan fingerprint density at radius 1 is 1.33 bits per heavy atom. The molecule has 2 rings (SSSR count). The van der Waals surface area contributed by atoms with Crippen molar-refractivity contribution in [3.63, 3.8) is 0 Å². The first-order valence-electron chi connectivity index (χ1n) is 3.62. The lowest BCUT2D eigenvalue weighted by atomic mass is 10.1.